The molecule has 0 unspecified atom stereocenters. The Bertz CT molecular complexity index is 285. The molecule has 0 aliphatic rings. The SMILES string of the molecule is C/C=C(\C)c1ccccc1.C=CC=C.CC.CC.CC. The molecule has 0 nitrogen and oxygen atoms in total. The van der Waals surface area contributed by atoms with Crippen LogP contribution >= 0.6 is 0 Å². The minimum absolute atomic E-state index is 1.31. The summed E-state index contributed by atoms with van der Waals surface area (Å²) in [7, 11) is 0. The lowest BCUT2D eigenvalue weighted by Gasteiger charge is -1.97. The molecule has 0 N–H and O–H groups in total. The lowest BCUT2D eigenvalue weighted by atomic mass is 10.1. The largest absolute Gasteiger partial charge is 0.0991 e. The zero-order valence-corrected chi connectivity index (χ0v) is 15.0. The molecule has 0 radical (unpaired) electrons. The number of allylic oxidation sites excluding steroid dienone is 4. The second kappa shape index (κ2) is 30.5. The van der Waals surface area contributed by atoms with Gasteiger partial charge in [-0.1, -0.05) is 103 Å². The molecular formula is C20H36. The fourth-order valence-electron chi connectivity index (χ4n) is 0.868. The highest BCUT2D eigenvalue weighted by atomic mass is 13.9. The van der Waals surface area contributed by atoms with Crippen molar-refractivity contribution < 1.29 is 0 Å². The zero-order chi connectivity index (χ0) is 16.8. The lowest BCUT2D eigenvalue weighted by Crippen LogP contribution is -1.75. The lowest BCUT2D eigenvalue weighted by molar-refractivity contribution is 1.50. The first-order valence-corrected chi connectivity index (χ1v) is 7.68. The van der Waals surface area contributed by atoms with Crippen LogP contribution < -0.4 is 0 Å². The molecule has 1 aromatic carbocycles. The molecule has 0 atom stereocenters. The van der Waals surface area contributed by atoms with Crippen molar-refractivity contribution in [3.05, 3.63) is 67.3 Å². The highest BCUT2D eigenvalue weighted by Crippen LogP contribution is 2.11. The number of hydrogen-bond donors (Lipinski definition) is 0. The third kappa shape index (κ3) is 21.7. The Morgan fingerprint density at radius 3 is 1.40 bits per heavy atom. The molecule has 0 saturated carbocycles. The molecule has 0 fully saturated rings. The molecule has 1 aromatic rings. The van der Waals surface area contributed by atoms with Crippen molar-refractivity contribution in [2.75, 3.05) is 0 Å². The molecule has 0 aliphatic heterocycles. The maximum atomic E-state index is 3.36. The van der Waals surface area contributed by atoms with Crippen LogP contribution in [0.5, 0.6) is 0 Å². The van der Waals surface area contributed by atoms with E-state index in [9.17, 15) is 0 Å². The van der Waals surface area contributed by atoms with Crippen molar-refractivity contribution in [3.8, 4) is 0 Å². The van der Waals surface area contributed by atoms with E-state index in [-0.39, 0.29) is 0 Å². The quantitative estimate of drug-likeness (QED) is 0.489. The van der Waals surface area contributed by atoms with Gasteiger partial charge in [0.2, 0.25) is 0 Å². The molecule has 20 heavy (non-hydrogen) atoms. The van der Waals surface area contributed by atoms with E-state index in [1.807, 2.05) is 47.6 Å². The Kier molecular flexibility index (Phi) is 41.0. The van der Waals surface area contributed by atoms with Gasteiger partial charge in [-0.2, -0.15) is 0 Å². The van der Waals surface area contributed by atoms with Gasteiger partial charge < -0.3 is 0 Å². The van der Waals surface area contributed by atoms with Crippen LogP contribution in [0, 0.1) is 0 Å². The van der Waals surface area contributed by atoms with Gasteiger partial charge in [0.1, 0.15) is 0 Å². The van der Waals surface area contributed by atoms with Crippen LogP contribution in [-0.4, -0.2) is 0 Å². The van der Waals surface area contributed by atoms with E-state index >= 15 is 0 Å². The van der Waals surface area contributed by atoms with E-state index in [0.717, 1.165) is 0 Å². The highest BCUT2D eigenvalue weighted by Gasteiger charge is 1.88. The minimum Gasteiger partial charge on any atom is -0.0991 e. The summed E-state index contributed by atoms with van der Waals surface area (Å²) in [5.74, 6) is 0. The number of hydrogen-bond acceptors (Lipinski definition) is 0. The second-order valence-corrected chi connectivity index (χ2v) is 2.81. The van der Waals surface area contributed by atoms with Crippen LogP contribution in [0.15, 0.2) is 61.7 Å². The smallest absolute Gasteiger partial charge is 0.0231 e. The van der Waals surface area contributed by atoms with Crippen molar-refractivity contribution in [2.45, 2.75) is 55.4 Å². The summed E-state index contributed by atoms with van der Waals surface area (Å²) in [6.07, 6.45) is 5.40. The summed E-state index contributed by atoms with van der Waals surface area (Å²) in [4.78, 5) is 0. The molecule has 0 bridgehead atoms. The predicted octanol–water partition coefficient (Wildman–Crippen LogP) is 7.55. The van der Waals surface area contributed by atoms with E-state index in [4.69, 9.17) is 0 Å². The molecule has 116 valence electrons. The third-order valence-electron chi connectivity index (χ3n) is 1.83. The van der Waals surface area contributed by atoms with Crippen LogP contribution in [0.4, 0.5) is 0 Å². The molecular weight excluding hydrogens is 240 g/mol. The summed E-state index contributed by atoms with van der Waals surface area (Å²) in [6.45, 7) is 22.9. The fourth-order valence-corrected chi connectivity index (χ4v) is 0.868. The van der Waals surface area contributed by atoms with Gasteiger partial charge in [0, 0.05) is 0 Å². The van der Waals surface area contributed by atoms with Crippen LogP contribution in [0.2, 0.25) is 0 Å². The summed E-state index contributed by atoms with van der Waals surface area (Å²) in [5, 5.41) is 0. The Labute approximate surface area is 128 Å². The van der Waals surface area contributed by atoms with Crippen LogP contribution in [-0.2, 0) is 0 Å². The molecule has 0 heteroatoms. The van der Waals surface area contributed by atoms with Gasteiger partial charge in [-0.15, -0.1) is 0 Å². The van der Waals surface area contributed by atoms with E-state index in [1.54, 1.807) is 12.2 Å². The van der Waals surface area contributed by atoms with Crippen molar-refractivity contribution in [3.63, 3.8) is 0 Å². The van der Waals surface area contributed by atoms with Crippen LogP contribution in [0.25, 0.3) is 5.57 Å². The van der Waals surface area contributed by atoms with Crippen molar-refractivity contribution >= 4 is 5.57 Å². The van der Waals surface area contributed by atoms with Gasteiger partial charge >= 0.3 is 0 Å². The normalized spacial score (nSPS) is 7.70. The van der Waals surface area contributed by atoms with Gasteiger partial charge in [-0.05, 0) is 25.0 Å². The van der Waals surface area contributed by atoms with Crippen molar-refractivity contribution in [2.24, 2.45) is 0 Å². The first kappa shape index (κ1) is 26.9. The highest BCUT2D eigenvalue weighted by molar-refractivity contribution is 5.62. The molecule has 0 amide bonds. The Balaban J connectivity index is -0.000000108. The molecule has 0 spiro atoms. The van der Waals surface area contributed by atoms with Gasteiger partial charge in [0.05, 0.1) is 0 Å². The van der Waals surface area contributed by atoms with Crippen molar-refractivity contribution in [1.82, 2.24) is 0 Å². The molecule has 1 rings (SSSR count). The van der Waals surface area contributed by atoms with E-state index in [0.29, 0.717) is 0 Å². The van der Waals surface area contributed by atoms with E-state index in [1.165, 1.54) is 11.1 Å². The second-order valence-electron chi connectivity index (χ2n) is 2.81. The topological polar surface area (TPSA) is 0 Å². The van der Waals surface area contributed by atoms with E-state index < -0.39 is 0 Å². The molecule has 0 saturated heterocycles. The fraction of sp³-hybridized carbons (Fsp3) is 0.400. The summed E-state index contributed by atoms with van der Waals surface area (Å²) in [5.41, 5.74) is 2.64. The Hall–Kier alpha value is -1.56. The van der Waals surface area contributed by atoms with Crippen LogP contribution in [0.1, 0.15) is 61.0 Å². The van der Waals surface area contributed by atoms with E-state index in [2.05, 4.69) is 57.3 Å². The number of benzene rings is 1. The predicted molar refractivity (Wildman–Crippen MR) is 100 cm³/mol. The monoisotopic (exact) mass is 276 g/mol. The molecule has 0 heterocycles. The Morgan fingerprint density at radius 1 is 0.800 bits per heavy atom. The minimum atomic E-state index is 1.31. The standard InChI is InChI=1S/C10H12.C4H6.3C2H6/c1-3-9(2)10-7-5-4-6-8-10;1-3-4-2;3*1-2/h3-8H,1-2H3;3-4H,1-2H2;3*1-2H3/b9-3+;;;;. The summed E-state index contributed by atoms with van der Waals surface area (Å²) < 4.78 is 0. The maximum Gasteiger partial charge on any atom is -0.0231 e. The average Bonchev–Trinajstić information content (AvgIpc) is 2.60. The van der Waals surface area contributed by atoms with Gasteiger partial charge in [-0.3, -0.25) is 0 Å². The third-order valence-corrected chi connectivity index (χ3v) is 1.83. The zero-order valence-electron chi connectivity index (χ0n) is 15.0. The maximum absolute atomic E-state index is 3.36. The van der Waals surface area contributed by atoms with Crippen molar-refractivity contribution in [1.29, 1.82) is 0 Å². The molecule has 0 aromatic heterocycles. The van der Waals surface area contributed by atoms with Gasteiger partial charge in [-0.25, -0.2) is 0 Å². The average molecular weight is 277 g/mol. The van der Waals surface area contributed by atoms with Gasteiger partial charge in [0.15, 0.2) is 0 Å². The number of rotatable bonds is 2. The Morgan fingerprint density at radius 2 is 1.15 bits per heavy atom. The summed E-state index contributed by atoms with van der Waals surface area (Å²) >= 11 is 0. The first-order valence-electron chi connectivity index (χ1n) is 7.68. The van der Waals surface area contributed by atoms with Crippen LogP contribution in [0.3, 0.4) is 0 Å². The summed E-state index contributed by atoms with van der Waals surface area (Å²) in [6, 6.07) is 10.4. The molecule has 0 aliphatic carbocycles. The first-order chi connectivity index (χ1) is 9.76. The van der Waals surface area contributed by atoms with Gasteiger partial charge in [0.25, 0.3) is 0 Å².